The van der Waals surface area contributed by atoms with Crippen molar-refractivity contribution < 1.29 is 0 Å². The normalized spacial score (nSPS) is 53.4. The van der Waals surface area contributed by atoms with Gasteiger partial charge in [0.15, 0.2) is 0 Å². The van der Waals surface area contributed by atoms with Crippen molar-refractivity contribution in [3.8, 4) is 0 Å². The lowest BCUT2D eigenvalue weighted by atomic mass is 9.41. The van der Waals surface area contributed by atoms with Crippen molar-refractivity contribution >= 4 is 0 Å². The van der Waals surface area contributed by atoms with Crippen LogP contribution in [0.2, 0.25) is 0 Å². The molecule has 0 aliphatic heterocycles. The predicted molar refractivity (Wildman–Crippen MR) is 85.5 cm³/mol. The van der Waals surface area contributed by atoms with E-state index in [-0.39, 0.29) is 0 Å². The molecule has 112 valence electrons. The Bertz CT molecular complexity index is 445. The molecule has 20 heavy (non-hydrogen) atoms. The molecule has 0 amide bonds. The number of hydrogen-bond acceptors (Lipinski definition) is 0. The molecule has 0 aromatic heterocycles. The minimum absolute atomic E-state index is 0.584. The van der Waals surface area contributed by atoms with Gasteiger partial charge >= 0.3 is 0 Å². The molecule has 5 atom stereocenters. The fraction of sp³-hybridized carbons (Fsp3) is 0.900. The summed E-state index contributed by atoms with van der Waals surface area (Å²) >= 11 is 0. The highest BCUT2D eigenvalue weighted by Crippen LogP contribution is 2.72. The Kier molecular flexibility index (Phi) is 2.63. The first-order valence-electron chi connectivity index (χ1n) is 9.05. The molecular formula is C20H32. The number of rotatable bonds is 0. The monoisotopic (exact) mass is 272 g/mol. The largest absolute Gasteiger partial charge is 0.0996 e. The van der Waals surface area contributed by atoms with Crippen LogP contribution in [0, 0.1) is 34.0 Å². The summed E-state index contributed by atoms with van der Waals surface area (Å²) in [5.41, 5.74) is 3.51. The first kappa shape index (κ1) is 13.4. The summed E-state index contributed by atoms with van der Waals surface area (Å²) in [6, 6.07) is 0. The van der Waals surface area contributed by atoms with Gasteiger partial charge in [-0.1, -0.05) is 39.3 Å². The first-order chi connectivity index (χ1) is 9.37. The van der Waals surface area contributed by atoms with Crippen LogP contribution in [0.5, 0.6) is 0 Å². The van der Waals surface area contributed by atoms with Crippen LogP contribution < -0.4 is 0 Å². The Labute approximate surface area is 125 Å². The molecule has 0 nitrogen and oxygen atoms in total. The van der Waals surface area contributed by atoms with E-state index in [4.69, 9.17) is 0 Å². The molecule has 0 heterocycles. The van der Waals surface area contributed by atoms with Crippen molar-refractivity contribution in [3.05, 3.63) is 12.2 Å². The molecule has 0 N–H and O–H groups in total. The van der Waals surface area contributed by atoms with Crippen LogP contribution in [-0.4, -0.2) is 0 Å². The summed E-state index contributed by atoms with van der Waals surface area (Å²) in [5, 5.41) is 0. The molecule has 2 bridgehead atoms. The summed E-state index contributed by atoms with van der Waals surface area (Å²) in [5.74, 6) is 2.87. The minimum atomic E-state index is 0.584. The Balaban J connectivity index is 1.74. The highest BCUT2D eigenvalue weighted by atomic mass is 14.7. The van der Waals surface area contributed by atoms with Gasteiger partial charge in [0, 0.05) is 0 Å². The van der Waals surface area contributed by atoms with E-state index in [1.807, 2.05) is 0 Å². The quantitative estimate of drug-likeness (QED) is 0.476. The van der Waals surface area contributed by atoms with Crippen molar-refractivity contribution in [2.75, 3.05) is 0 Å². The molecule has 4 fully saturated rings. The van der Waals surface area contributed by atoms with Crippen LogP contribution in [-0.2, 0) is 0 Å². The molecule has 0 aromatic rings. The summed E-state index contributed by atoms with van der Waals surface area (Å²) in [6.07, 6.45) is 13.3. The third kappa shape index (κ3) is 1.54. The van der Waals surface area contributed by atoms with Gasteiger partial charge in [0.1, 0.15) is 0 Å². The lowest BCUT2D eigenvalue weighted by Gasteiger charge is -2.64. The third-order valence-electron chi connectivity index (χ3n) is 8.36. The third-order valence-corrected chi connectivity index (χ3v) is 8.36. The maximum absolute atomic E-state index is 4.44. The van der Waals surface area contributed by atoms with E-state index in [2.05, 4.69) is 27.4 Å². The molecule has 4 aliphatic rings. The first-order valence-corrected chi connectivity index (χ1v) is 9.05. The Morgan fingerprint density at radius 2 is 1.75 bits per heavy atom. The zero-order valence-corrected chi connectivity index (χ0v) is 13.8. The van der Waals surface area contributed by atoms with E-state index in [1.165, 1.54) is 57.8 Å². The van der Waals surface area contributed by atoms with Crippen molar-refractivity contribution in [3.63, 3.8) is 0 Å². The highest BCUT2D eigenvalue weighted by molar-refractivity contribution is 5.22. The number of allylic oxidation sites excluding steroid dienone is 1. The maximum atomic E-state index is 4.44. The van der Waals surface area contributed by atoms with E-state index >= 15 is 0 Å². The minimum Gasteiger partial charge on any atom is -0.0996 e. The second-order valence-corrected chi connectivity index (χ2v) is 9.67. The van der Waals surface area contributed by atoms with Gasteiger partial charge in [-0.15, -0.1) is 0 Å². The molecular weight excluding hydrogens is 240 g/mol. The van der Waals surface area contributed by atoms with Gasteiger partial charge in [-0.2, -0.15) is 0 Å². The molecule has 4 aliphatic carbocycles. The SMILES string of the molecule is C=C1C[C@@]23CC[C@H]4C(C)(C)CCC[C@]4(C)[C@H]2CC[C@@H]1C3. The molecule has 1 spiro atoms. The van der Waals surface area contributed by atoms with Crippen LogP contribution in [0.3, 0.4) is 0 Å². The van der Waals surface area contributed by atoms with E-state index < -0.39 is 0 Å². The molecule has 0 aromatic carbocycles. The molecule has 4 saturated carbocycles. The Morgan fingerprint density at radius 3 is 2.55 bits per heavy atom. The smallest absolute Gasteiger partial charge is 0.0200 e. The zero-order chi connectivity index (χ0) is 14.2. The molecule has 4 rings (SSSR count). The molecule has 0 saturated heterocycles. The maximum Gasteiger partial charge on any atom is -0.0200 e. The van der Waals surface area contributed by atoms with Gasteiger partial charge in [0.25, 0.3) is 0 Å². The van der Waals surface area contributed by atoms with Crippen LogP contribution in [0.4, 0.5) is 0 Å². The molecule has 0 unspecified atom stereocenters. The van der Waals surface area contributed by atoms with Crippen molar-refractivity contribution in [2.45, 2.75) is 78.6 Å². The summed E-state index contributed by atoms with van der Waals surface area (Å²) in [7, 11) is 0. The Hall–Kier alpha value is -0.260. The predicted octanol–water partition coefficient (Wildman–Crippen LogP) is 5.98. The van der Waals surface area contributed by atoms with Crippen molar-refractivity contribution in [1.29, 1.82) is 0 Å². The number of fused-ring (bicyclic) bond motifs is 3. The standard InChI is InChI=1S/C20H32/c1-14-12-20-11-8-16-18(2,3)9-5-10-19(16,4)17(20)7-6-15(14)13-20/h15-17H,1,5-13H2,2-4H3/t15-,16+,17-,19+,20-/m1/s1. The summed E-state index contributed by atoms with van der Waals surface area (Å²) < 4.78 is 0. The molecule has 0 radical (unpaired) electrons. The zero-order valence-electron chi connectivity index (χ0n) is 13.8. The Morgan fingerprint density at radius 1 is 0.950 bits per heavy atom. The van der Waals surface area contributed by atoms with E-state index in [0.29, 0.717) is 16.2 Å². The second-order valence-electron chi connectivity index (χ2n) is 9.67. The van der Waals surface area contributed by atoms with E-state index in [1.54, 1.807) is 5.57 Å². The highest BCUT2D eigenvalue weighted by Gasteiger charge is 2.62. The topological polar surface area (TPSA) is 0 Å². The van der Waals surface area contributed by atoms with Crippen LogP contribution in [0.15, 0.2) is 12.2 Å². The van der Waals surface area contributed by atoms with Gasteiger partial charge in [-0.3, -0.25) is 0 Å². The molecule has 0 heteroatoms. The lowest BCUT2D eigenvalue weighted by molar-refractivity contribution is -0.144. The average molecular weight is 272 g/mol. The number of hydrogen-bond donors (Lipinski definition) is 0. The van der Waals surface area contributed by atoms with Crippen molar-refractivity contribution in [2.24, 2.45) is 34.0 Å². The van der Waals surface area contributed by atoms with E-state index in [9.17, 15) is 0 Å². The van der Waals surface area contributed by atoms with Gasteiger partial charge in [-0.25, -0.2) is 0 Å². The van der Waals surface area contributed by atoms with Crippen LogP contribution in [0.25, 0.3) is 0 Å². The average Bonchev–Trinajstić information content (AvgIpc) is 2.58. The van der Waals surface area contributed by atoms with E-state index in [0.717, 1.165) is 17.8 Å². The van der Waals surface area contributed by atoms with Crippen LogP contribution in [0.1, 0.15) is 78.6 Å². The van der Waals surface area contributed by atoms with Gasteiger partial charge in [0.2, 0.25) is 0 Å². The lowest BCUT2D eigenvalue weighted by Crippen LogP contribution is -2.55. The van der Waals surface area contributed by atoms with Gasteiger partial charge < -0.3 is 0 Å². The fourth-order valence-corrected chi connectivity index (χ4v) is 7.68. The van der Waals surface area contributed by atoms with Gasteiger partial charge in [-0.05, 0) is 85.4 Å². The second kappa shape index (κ2) is 3.93. The summed E-state index contributed by atoms with van der Waals surface area (Å²) in [6.45, 7) is 12.2. The summed E-state index contributed by atoms with van der Waals surface area (Å²) in [4.78, 5) is 0. The fourth-order valence-electron chi connectivity index (χ4n) is 7.68. The van der Waals surface area contributed by atoms with Crippen LogP contribution >= 0.6 is 0 Å². The van der Waals surface area contributed by atoms with Crippen molar-refractivity contribution in [1.82, 2.24) is 0 Å². The van der Waals surface area contributed by atoms with Gasteiger partial charge in [0.05, 0.1) is 0 Å².